The minimum atomic E-state index is -1.11. The third-order valence-electron chi connectivity index (χ3n) is 1.33. The topological polar surface area (TPSA) is 69.2 Å². The second-order valence-corrected chi connectivity index (χ2v) is 2.81. The first-order chi connectivity index (χ1) is 5.54. The van der Waals surface area contributed by atoms with Gasteiger partial charge < -0.3 is 10.0 Å². The number of carbonyl (C=O) groups is 1. The molecule has 1 rings (SSSR count). The van der Waals surface area contributed by atoms with E-state index in [4.69, 9.17) is 16.7 Å². The van der Waals surface area contributed by atoms with Crippen molar-refractivity contribution in [3.05, 3.63) is 10.7 Å². The normalized spacial score (nSPS) is 9.92. The number of H-pyrrole nitrogens is 1. The van der Waals surface area contributed by atoms with Crippen LogP contribution in [-0.4, -0.2) is 35.4 Å². The van der Waals surface area contributed by atoms with E-state index in [0.717, 1.165) is 0 Å². The Morgan fingerprint density at radius 2 is 2.25 bits per heavy atom. The van der Waals surface area contributed by atoms with Gasteiger partial charge >= 0.3 is 5.97 Å². The molecule has 12 heavy (non-hydrogen) atoms. The van der Waals surface area contributed by atoms with E-state index in [1.165, 1.54) is 0 Å². The first-order valence-corrected chi connectivity index (χ1v) is 3.56. The number of aromatic nitrogens is 2. The molecule has 2 N–H and O–H groups in total. The summed E-state index contributed by atoms with van der Waals surface area (Å²) in [5, 5.41) is 14.8. The van der Waals surface area contributed by atoms with Crippen molar-refractivity contribution in [2.24, 2.45) is 0 Å². The molecule has 66 valence electrons. The van der Waals surface area contributed by atoms with Gasteiger partial charge in [0.25, 0.3) is 0 Å². The fourth-order valence-corrected chi connectivity index (χ4v) is 1.09. The molecule has 0 aliphatic carbocycles. The maximum absolute atomic E-state index is 10.5. The van der Waals surface area contributed by atoms with Crippen LogP contribution in [0.2, 0.25) is 5.02 Å². The van der Waals surface area contributed by atoms with Crippen LogP contribution in [0.1, 0.15) is 10.5 Å². The lowest BCUT2D eigenvalue weighted by Gasteiger charge is -2.06. The Hall–Kier alpha value is -1.23. The molecule has 0 saturated carbocycles. The minimum Gasteiger partial charge on any atom is -0.476 e. The molecule has 0 spiro atoms. The van der Waals surface area contributed by atoms with Gasteiger partial charge in [-0.15, -0.1) is 0 Å². The standard InChI is InChI=1S/C6H8ClN3O2/c1-10(2)5-3(7)4(6(11)12)8-9-5/h1-2H3,(H,8,9)(H,11,12). The maximum Gasteiger partial charge on any atom is 0.355 e. The van der Waals surface area contributed by atoms with Crippen molar-refractivity contribution in [2.75, 3.05) is 19.0 Å². The van der Waals surface area contributed by atoms with Gasteiger partial charge in [0.05, 0.1) is 0 Å². The average Bonchev–Trinajstić information content (AvgIpc) is 2.30. The lowest BCUT2D eigenvalue weighted by atomic mass is 10.4. The van der Waals surface area contributed by atoms with Crippen molar-refractivity contribution in [1.29, 1.82) is 0 Å². The molecular formula is C6H8ClN3O2. The summed E-state index contributed by atoms with van der Waals surface area (Å²) in [5.74, 6) is -0.685. The maximum atomic E-state index is 10.5. The Kier molecular flexibility index (Phi) is 2.23. The summed E-state index contributed by atoms with van der Waals surface area (Å²) >= 11 is 5.70. The van der Waals surface area contributed by atoms with Gasteiger partial charge in [0.2, 0.25) is 0 Å². The van der Waals surface area contributed by atoms with Gasteiger partial charge in [0.1, 0.15) is 5.02 Å². The molecule has 0 aliphatic heterocycles. The van der Waals surface area contributed by atoms with Crippen molar-refractivity contribution >= 4 is 23.4 Å². The second kappa shape index (κ2) is 3.02. The molecule has 0 amide bonds. The lowest BCUT2D eigenvalue weighted by Crippen LogP contribution is -2.09. The van der Waals surface area contributed by atoms with Crippen LogP contribution in [0, 0.1) is 0 Å². The van der Waals surface area contributed by atoms with Crippen LogP contribution in [0.4, 0.5) is 5.82 Å². The van der Waals surface area contributed by atoms with Crippen molar-refractivity contribution in [3.8, 4) is 0 Å². The quantitative estimate of drug-likeness (QED) is 0.723. The second-order valence-electron chi connectivity index (χ2n) is 2.44. The van der Waals surface area contributed by atoms with Gasteiger partial charge in [0, 0.05) is 14.1 Å². The molecule has 0 unspecified atom stereocenters. The third kappa shape index (κ3) is 1.35. The summed E-state index contributed by atoms with van der Waals surface area (Å²) in [6, 6.07) is 0. The summed E-state index contributed by atoms with van der Waals surface area (Å²) in [4.78, 5) is 12.1. The zero-order chi connectivity index (χ0) is 9.30. The van der Waals surface area contributed by atoms with Gasteiger partial charge in [-0.3, -0.25) is 5.10 Å². The van der Waals surface area contributed by atoms with E-state index in [1.807, 2.05) is 0 Å². The summed E-state index contributed by atoms with van der Waals surface area (Å²) in [7, 11) is 3.46. The van der Waals surface area contributed by atoms with E-state index in [0.29, 0.717) is 5.82 Å². The Morgan fingerprint density at radius 1 is 1.67 bits per heavy atom. The Morgan fingerprint density at radius 3 is 2.50 bits per heavy atom. The Labute approximate surface area is 73.9 Å². The zero-order valence-electron chi connectivity index (χ0n) is 6.63. The number of anilines is 1. The van der Waals surface area contributed by atoms with E-state index >= 15 is 0 Å². The number of aromatic carboxylic acids is 1. The van der Waals surface area contributed by atoms with Gasteiger partial charge in [-0.25, -0.2) is 4.79 Å². The van der Waals surface area contributed by atoms with Crippen molar-refractivity contribution in [3.63, 3.8) is 0 Å². The molecule has 0 radical (unpaired) electrons. The summed E-state index contributed by atoms with van der Waals surface area (Å²) in [5.41, 5.74) is -0.0830. The number of nitrogens with zero attached hydrogens (tertiary/aromatic N) is 2. The SMILES string of the molecule is CN(C)c1n[nH]c(C(=O)O)c1Cl. The highest BCUT2D eigenvalue weighted by Gasteiger charge is 2.17. The predicted octanol–water partition coefficient (Wildman–Crippen LogP) is 0.827. The number of carboxylic acids is 1. The fraction of sp³-hybridized carbons (Fsp3) is 0.333. The molecule has 0 aromatic carbocycles. The van der Waals surface area contributed by atoms with Crippen molar-refractivity contribution < 1.29 is 9.90 Å². The van der Waals surface area contributed by atoms with E-state index < -0.39 is 5.97 Å². The monoisotopic (exact) mass is 189 g/mol. The van der Waals surface area contributed by atoms with E-state index in [1.54, 1.807) is 19.0 Å². The minimum absolute atomic E-state index is 0.0830. The molecule has 5 nitrogen and oxygen atoms in total. The highest BCUT2D eigenvalue weighted by atomic mass is 35.5. The molecule has 1 heterocycles. The van der Waals surface area contributed by atoms with Crippen LogP contribution in [0.5, 0.6) is 0 Å². The van der Waals surface area contributed by atoms with E-state index in [9.17, 15) is 4.79 Å². The van der Waals surface area contributed by atoms with Crippen molar-refractivity contribution in [2.45, 2.75) is 0 Å². The molecular weight excluding hydrogens is 182 g/mol. The van der Waals surface area contributed by atoms with E-state index in [2.05, 4.69) is 10.2 Å². The van der Waals surface area contributed by atoms with Crippen molar-refractivity contribution in [1.82, 2.24) is 10.2 Å². The van der Waals surface area contributed by atoms with Crippen LogP contribution in [0.15, 0.2) is 0 Å². The highest BCUT2D eigenvalue weighted by Crippen LogP contribution is 2.24. The molecule has 0 bridgehead atoms. The fourth-order valence-electron chi connectivity index (χ4n) is 0.757. The molecule has 0 atom stereocenters. The van der Waals surface area contributed by atoms with E-state index in [-0.39, 0.29) is 10.7 Å². The summed E-state index contributed by atoms with van der Waals surface area (Å²) in [6.07, 6.45) is 0. The molecule has 6 heteroatoms. The molecule has 1 aromatic heterocycles. The number of carboxylic acid groups (broad SMARTS) is 1. The Balaban J connectivity index is 3.13. The number of nitrogens with one attached hydrogen (secondary N) is 1. The van der Waals surface area contributed by atoms with Crippen LogP contribution in [0.3, 0.4) is 0 Å². The first kappa shape index (κ1) is 8.86. The largest absolute Gasteiger partial charge is 0.476 e. The first-order valence-electron chi connectivity index (χ1n) is 3.18. The van der Waals surface area contributed by atoms with Crippen LogP contribution in [0.25, 0.3) is 0 Å². The van der Waals surface area contributed by atoms with Crippen LogP contribution < -0.4 is 4.90 Å². The zero-order valence-corrected chi connectivity index (χ0v) is 7.38. The molecule has 0 aliphatic rings. The number of hydrogen-bond donors (Lipinski definition) is 2. The molecule has 0 fully saturated rings. The van der Waals surface area contributed by atoms with Gasteiger partial charge in [-0.05, 0) is 0 Å². The summed E-state index contributed by atoms with van der Waals surface area (Å²) in [6.45, 7) is 0. The molecule has 0 saturated heterocycles. The molecule has 1 aromatic rings. The highest BCUT2D eigenvalue weighted by molar-refractivity contribution is 6.35. The number of halogens is 1. The van der Waals surface area contributed by atoms with Crippen LogP contribution in [-0.2, 0) is 0 Å². The average molecular weight is 190 g/mol. The van der Waals surface area contributed by atoms with Gasteiger partial charge in [-0.1, -0.05) is 11.6 Å². The predicted molar refractivity (Wildman–Crippen MR) is 44.9 cm³/mol. The number of hydrogen-bond acceptors (Lipinski definition) is 3. The number of rotatable bonds is 2. The van der Waals surface area contributed by atoms with Gasteiger partial charge in [0.15, 0.2) is 11.5 Å². The van der Waals surface area contributed by atoms with Crippen LogP contribution >= 0.6 is 11.6 Å². The summed E-state index contributed by atoms with van der Waals surface area (Å²) < 4.78 is 0. The third-order valence-corrected chi connectivity index (χ3v) is 1.68. The smallest absolute Gasteiger partial charge is 0.355 e. The lowest BCUT2D eigenvalue weighted by molar-refractivity contribution is 0.0690. The Bertz CT molecular complexity index is 308. The van der Waals surface area contributed by atoms with Gasteiger partial charge in [-0.2, -0.15) is 5.10 Å². The number of aromatic amines is 1.